The number of hydrogen-bond acceptors (Lipinski definition) is 3. The van der Waals surface area contributed by atoms with Gasteiger partial charge in [0.05, 0.1) is 6.20 Å². The lowest BCUT2D eigenvalue weighted by molar-refractivity contribution is -0.192. The molecule has 0 aliphatic heterocycles. The van der Waals surface area contributed by atoms with Crippen molar-refractivity contribution in [1.29, 1.82) is 0 Å². The molecular formula is C13H14F3N3O2. The molecule has 0 unspecified atom stereocenters. The van der Waals surface area contributed by atoms with Gasteiger partial charge >= 0.3 is 12.1 Å². The molecule has 1 heterocycles. The number of nitrogens with two attached hydrogens (primary N) is 1. The number of carbonyl (C=O) groups is 1. The van der Waals surface area contributed by atoms with Gasteiger partial charge in [-0.05, 0) is 24.1 Å². The molecule has 21 heavy (non-hydrogen) atoms. The number of benzene rings is 1. The van der Waals surface area contributed by atoms with E-state index in [1.54, 1.807) is 6.20 Å². The fraction of sp³-hybridized carbons (Fsp3) is 0.231. The first-order valence-electron chi connectivity index (χ1n) is 5.86. The largest absolute Gasteiger partial charge is 0.490 e. The van der Waals surface area contributed by atoms with Crippen LogP contribution in [0.4, 0.5) is 13.2 Å². The summed E-state index contributed by atoms with van der Waals surface area (Å²) < 4.78 is 31.7. The van der Waals surface area contributed by atoms with Crippen LogP contribution < -0.4 is 5.73 Å². The average Bonchev–Trinajstić information content (AvgIpc) is 2.92. The predicted molar refractivity (Wildman–Crippen MR) is 70.3 cm³/mol. The van der Waals surface area contributed by atoms with Crippen LogP contribution in [0.3, 0.4) is 0 Å². The highest BCUT2D eigenvalue weighted by atomic mass is 19.4. The van der Waals surface area contributed by atoms with Crippen molar-refractivity contribution in [2.75, 3.05) is 0 Å². The maximum absolute atomic E-state index is 10.6. The number of aromatic nitrogens is 2. The molecule has 0 saturated heterocycles. The Morgan fingerprint density at radius 1 is 1.38 bits per heavy atom. The van der Waals surface area contributed by atoms with E-state index < -0.39 is 12.1 Å². The Bertz CT molecular complexity index is 581. The number of carboxylic acids is 1. The molecule has 0 radical (unpaired) electrons. The second kappa shape index (κ2) is 6.89. The first kappa shape index (κ1) is 16.7. The molecule has 2 aromatic rings. The van der Waals surface area contributed by atoms with Gasteiger partial charge in [-0.2, -0.15) is 18.3 Å². The number of rotatable bonds is 2. The second-order valence-corrected chi connectivity index (χ2v) is 4.20. The highest BCUT2D eigenvalue weighted by Gasteiger charge is 2.38. The summed E-state index contributed by atoms with van der Waals surface area (Å²) >= 11 is 0. The van der Waals surface area contributed by atoms with Crippen LogP contribution in [0.5, 0.6) is 0 Å². The molecule has 0 amide bonds. The Balaban J connectivity index is 0.000000270. The lowest BCUT2D eigenvalue weighted by atomic mass is 10.0. The van der Waals surface area contributed by atoms with Crippen LogP contribution in [0.25, 0.3) is 11.1 Å². The van der Waals surface area contributed by atoms with Gasteiger partial charge in [-0.3, -0.25) is 5.10 Å². The Kier molecular flexibility index (Phi) is 5.48. The van der Waals surface area contributed by atoms with Gasteiger partial charge in [-0.1, -0.05) is 18.2 Å². The molecule has 1 aromatic heterocycles. The van der Waals surface area contributed by atoms with Crippen molar-refractivity contribution >= 4 is 5.97 Å². The number of nitrogens with zero attached hydrogens (tertiary/aromatic N) is 1. The van der Waals surface area contributed by atoms with Crippen molar-refractivity contribution in [2.45, 2.75) is 19.1 Å². The van der Waals surface area contributed by atoms with E-state index in [2.05, 4.69) is 22.3 Å². The molecule has 5 nitrogen and oxygen atoms in total. The number of nitrogens with one attached hydrogen (secondary N) is 1. The molecule has 0 aliphatic rings. The Labute approximate surface area is 118 Å². The lowest BCUT2D eigenvalue weighted by Crippen LogP contribution is -2.21. The van der Waals surface area contributed by atoms with Gasteiger partial charge in [-0.15, -0.1) is 0 Å². The van der Waals surface area contributed by atoms with Crippen molar-refractivity contribution in [2.24, 2.45) is 5.73 Å². The van der Waals surface area contributed by atoms with E-state index in [9.17, 15) is 13.2 Å². The van der Waals surface area contributed by atoms with Crippen molar-refractivity contribution < 1.29 is 23.1 Å². The minimum atomic E-state index is -5.08. The maximum Gasteiger partial charge on any atom is 0.490 e. The monoisotopic (exact) mass is 301 g/mol. The fourth-order valence-corrected chi connectivity index (χ4v) is 1.41. The van der Waals surface area contributed by atoms with Crippen LogP contribution in [0, 0.1) is 0 Å². The van der Waals surface area contributed by atoms with Gasteiger partial charge in [0.1, 0.15) is 0 Å². The highest BCUT2D eigenvalue weighted by molar-refractivity contribution is 5.73. The van der Waals surface area contributed by atoms with E-state index in [1.165, 1.54) is 0 Å². The van der Waals surface area contributed by atoms with Gasteiger partial charge in [0, 0.05) is 17.8 Å². The van der Waals surface area contributed by atoms with Crippen LogP contribution in [0.1, 0.15) is 18.5 Å². The Morgan fingerprint density at radius 3 is 2.43 bits per heavy atom. The molecule has 4 N–H and O–H groups in total. The average molecular weight is 301 g/mol. The van der Waals surface area contributed by atoms with Crippen molar-refractivity contribution in [1.82, 2.24) is 10.2 Å². The van der Waals surface area contributed by atoms with E-state index in [1.807, 2.05) is 25.3 Å². The van der Waals surface area contributed by atoms with Crippen LogP contribution in [0.2, 0.25) is 0 Å². The number of carboxylic acid groups (broad SMARTS) is 1. The topological polar surface area (TPSA) is 92.0 Å². The van der Waals surface area contributed by atoms with Gasteiger partial charge in [0.25, 0.3) is 0 Å². The zero-order valence-corrected chi connectivity index (χ0v) is 11.1. The van der Waals surface area contributed by atoms with E-state index >= 15 is 0 Å². The van der Waals surface area contributed by atoms with E-state index in [-0.39, 0.29) is 6.04 Å². The molecule has 0 fully saturated rings. The van der Waals surface area contributed by atoms with Gasteiger partial charge in [0.2, 0.25) is 0 Å². The smallest absolute Gasteiger partial charge is 0.475 e. The van der Waals surface area contributed by atoms with Crippen molar-refractivity contribution in [3.05, 3.63) is 42.2 Å². The zero-order valence-electron chi connectivity index (χ0n) is 11.1. The first-order valence-corrected chi connectivity index (χ1v) is 5.86. The number of H-pyrrole nitrogens is 1. The van der Waals surface area contributed by atoms with Crippen LogP contribution in [0.15, 0.2) is 36.7 Å². The molecule has 0 bridgehead atoms. The molecule has 2 rings (SSSR count). The molecular weight excluding hydrogens is 287 g/mol. The summed E-state index contributed by atoms with van der Waals surface area (Å²) in [5, 5.41) is 13.8. The highest BCUT2D eigenvalue weighted by Crippen LogP contribution is 2.21. The molecule has 0 aliphatic carbocycles. The molecule has 114 valence electrons. The number of aromatic amines is 1. The van der Waals surface area contributed by atoms with Gasteiger partial charge in [-0.25, -0.2) is 4.79 Å². The predicted octanol–water partition coefficient (Wildman–Crippen LogP) is 2.73. The minimum Gasteiger partial charge on any atom is -0.475 e. The number of hydrogen-bond donors (Lipinski definition) is 3. The number of aliphatic carboxylic acids is 1. The third kappa shape index (κ3) is 5.27. The summed E-state index contributed by atoms with van der Waals surface area (Å²) in [6.45, 7) is 1.98. The number of alkyl halides is 3. The summed E-state index contributed by atoms with van der Waals surface area (Å²) in [4.78, 5) is 8.90. The summed E-state index contributed by atoms with van der Waals surface area (Å²) in [7, 11) is 0. The van der Waals surface area contributed by atoms with Crippen LogP contribution in [-0.2, 0) is 4.79 Å². The summed E-state index contributed by atoms with van der Waals surface area (Å²) in [5.41, 5.74) is 9.19. The molecule has 0 saturated carbocycles. The molecule has 1 atom stereocenters. The number of halogens is 3. The fourth-order valence-electron chi connectivity index (χ4n) is 1.41. The molecule has 1 aromatic carbocycles. The normalized spacial score (nSPS) is 12.2. The minimum absolute atomic E-state index is 0.0712. The third-order valence-corrected chi connectivity index (χ3v) is 2.49. The summed E-state index contributed by atoms with van der Waals surface area (Å²) in [5.74, 6) is -2.76. The molecule has 0 spiro atoms. The SMILES string of the molecule is C[C@H](N)c1cccc(-c2cn[nH]c2)c1.O=C(O)C(F)(F)F. The van der Waals surface area contributed by atoms with E-state index in [0.29, 0.717) is 0 Å². The second-order valence-electron chi connectivity index (χ2n) is 4.20. The summed E-state index contributed by atoms with van der Waals surface area (Å²) in [6.07, 6.45) is -1.40. The Hall–Kier alpha value is -2.35. The van der Waals surface area contributed by atoms with Gasteiger partial charge < -0.3 is 10.8 Å². The van der Waals surface area contributed by atoms with E-state index in [0.717, 1.165) is 16.7 Å². The van der Waals surface area contributed by atoms with Crippen molar-refractivity contribution in [3.8, 4) is 11.1 Å². The van der Waals surface area contributed by atoms with Crippen LogP contribution >= 0.6 is 0 Å². The quantitative estimate of drug-likeness (QED) is 0.795. The standard InChI is InChI=1S/C11H13N3.C2HF3O2/c1-8(12)9-3-2-4-10(5-9)11-6-13-14-7-11;3-2(4,5)1(6)7/h2-8H,12H2,1H3,(H,13,14);(H,6,7)/t8-;/m0./s1. The first-order chi connectivity index (χ1) is 9.71. The third-order valence-electron chi connectivity index (χ3n) is 2.49. The van der Waals surface area contributed by atoms with Crippen molar-refractivity contribution in [3.63, 3.8) is 0 Å². The zero-order chi connectivity index (χ0) is 16.0. The van der Waals surface area contributed by atoms with Gasteiger partial charge in [0.15, 0.2) is 0 Å². The lowest BCUT2D eigenvalue weighted by Gasteiger charge is -2.06. The summed E-state index contributed by atoms with van der Waals surface area (Å²) in [6, 6.07) is 8.27. The Morgan fingerprint density at radius 2 is 2.00 bits per heavy atom. The molecule has 8 heteroatoms. The van der Waals surface area contributed by atoms with Crippen LogP contribution in [-0.4, -0.2) is 27.4 Å². The van der Waals surface area contributed by atoms with E-state index in [4.69, 9.17) is 15.6 Å². The maximum atomic E-state index is 10.6.